The lowest BCUT2D eigenvalue weighted by atomic mass is 10.2. The van der Waals surface area contributed by atoms with Crippen LogP contribution in [0, 0.1) is 0 Å². The molecule has 0 saturated heterocycles. The van der Waals surface area contributed by atoms with Crippen LogP contribution in [0.1, 0.15) is 13.8 Å². The second-order valence-electron chi connectivity index (χ2n) is 6.63. The van der Waals surface area contributed by atoms with Crippen LogP contribution in [0.15, 0.2) is 54.6 Å². The quantitative estimate of drug-likeness (QED) is 0.441. The number of amides is 5. The van der Waals surface area contributed by atoms with Crippen molar-refractivity contribution in [2.24, 2.45) is 0 Å². The van der Waals surface area contributed by atoms with Gasteiger partial charge in [0.05, 0.1) is 6.54 Å². The molecule has 5 N–H and O–H groups in total. The highest BCUT2D eigenvalue weighted by molar-refractivity contribution is 6.01. The first kappa shape index (κ1) is 22.6. The van der Waals surface area contributed by atoms with Gasteiger partial charge in [0.25, 0.3) is 11.8 Å². The lowest BCUT2D eigenvalue weighted by Gasteiger charge is -2.17. The number of carbonyl (C=O) groups excluding carboxylic acids is 4. The molecule has 0 fully saturated rings. The number of para-hydroxylation sites is 1. The molecule has 158 valence electrons. The van der Waals surface area contributed by atoms with E-state index in [-0.39, 0.29) is 24.9 Å². The minimum absolute atomic E-state index is 0.0202. The van der Waals surface area contributed by atoms with Gasteiger partial charge in [0, 0.05) is 24.0 Å². The summed E-state index contributed by atoms with van der Waals surface area (Å²) in [6.45, 7) is 3.84. The summed E-state index contributed by atoms with van der Waals surface area (Å²) in [7, 11) is 0. The number of hydrogen-bond donors (Lipinski definition) is 5. The fourth-order valence-corrected chi connectivity index (χ4v) is 2.67. The zero-order valence-electron chi connectivity index (χ0n) is 17.0. The van der Waals surface area contributed by atoms with Gasteiger partial charge < -0.3 is 20.9 Å². The highest BCUT2D eigenvalue weighted by atomic mass is 16.2. The van der Waals surface area contributed by atoms with Crippen LogP contribution in [0.3, 0.4) is 0 Å². The van der Waals surface area contributed by atoms with Crippen LogP contribution < -0.4 is 26.2 Å². The van der Waals surface area contributed by atoms with Crippen molar-refractivity contribution in [2.75, 3.05) is 35.6 Å². The first-order chi connectivity index (χ1) is 14.4. The number of quaternary nitrogens is 1. The molecule has 1 unspecified atom stereocenters. The predicted octanol–water partition coefficient (Wildman–Crippen LogP) is 0.837. The topological polar surface area (TPSA) is 121 Å². The third-order valence-electron chi connectivity index (χ3n) is 4.09. The number of benzene rings is 2. The minimum Gasteiger partial charge on any atom is -0.326 e. The van der Waals surface area contributed by atoms with E-state index in [1.807, 2.05) is 13.0 Å². The summed E-state index contributed by atoms with van der Waals surface area (Å²) in [5, 5.41) is 10.2. The highest BCUT2D eigenvalue weighted by Crippen LogP contribution is 2.13. The van der Waals surface area contributed by atoms with Crippen molar-refractivity contribution in [1.29, 1.82) is 0 Å². The fraction of sp³-hybridized carbons (Fsp3) is 0.238. The third-order valence-corrected chi connectivity index (χ3v) is 4.09. The van der Waals surface area contributed by atoms with E-state index in [1.165, 1.54) is 6.92 Å². The Hall–Kier alpha value is -3.72. The number of imide groups is 1. The van der Waals surface area contributed by atoms with E-state index in [0.717, 1.165) is 0 Å². The first-order valence-electron chi connectivity index (χ1n) is 9.52. The van der Waals surface area contributed by atoms with Crippen LogP contribution in [-0.4, -0.2) is 43.4 Å². The number of nitrogens with one attached hydrogen (secondary N) is 5. The lowest BCUT2D eigenvalue weighted by molar-refractivity contribution is -0.881. The molecule has 1 atom stereocenters. The molecule has 2 aromatic carbocycles. The summed E-state index contributed by atoms with van der Waals surface area (Å²) in [6.07, 6.45) is 0. The summed E-state index contributed by atoms with van der Waals surface area (Å²) in [6, 6.07) is 14.9. The molecule has 0 saturated carbocycles. The Kier molecular flexibility index (Phi) is 8.52. The molecular formula is C21H26N5O4+. The van der Waals surface area contributed by atoms with Gasteiger partial charge in [0.1, 0.15) is 0 Å². The van der Waals surface area contributed by atoms with Crippen LogP contribution in [0.5, 0.6) is 0 Å². The van der Waals surface area contributed by atoms with Crippen molar-refractivity contribution in [1.82, 2.24) is 5.32 Å². The largest absolute Gasteiger partial charge is 0.326 e. The zero-order chi connectivity index (χ0) is 21.9. The number of anilines is 3. The van der Waals surface area contributed by atoms with Crippen LogP contribution in [0.4, 0.5) is 21.9 Å². The van der Waals surface area contributed by atoms with Gasteiger partial charge in [0.15, 0.2) is 13.1 Å². The second-order valence-corrected chi connectivity index (χ2v) is 6.63. The molecule has 30 heavy (non-hydrogen) atoms. The summed E-state index contributed by atoms with van der Waals surface area (Å²) < 4.78 is 0. The van der Waals surface area contributed by atoms with Crippen molar-refractivity contribution >= 4 is 40.8 Å². The van der Waals surface area contributed by atoms with Gasteiger partial charge in [-0.3, -0.25) is 19.7 Å². The van der Waals surface area contributed by atoms with Gasteiger partial charge in [0.2, 0.25) is 5.91 Å². The summed E-state index contributed by atoms with van der Waals surface area (Å²) in [5.74, 6) is -0.918. The molecule has 0 bridgehead atoms. The Morgan fingerprint density at radius 3 is 1.83 bits per heavy atom. The molecular weight excluding hydrogens is 386 g/mol. The zero-order valence-corrected chi connectivity index (χ0v) is 17.0. The van der Waals surface area contributed by atoms with Gasteiger partial charge in [-0.25, -0.2) is 4.79 Å². The average Bonchev–Trinajstić information content (AvgIpc) is 2.69. The molecule has 0 aliphatic rings. The maximum Gasteiger partial charge on any atom is 0.326 e. The average molecular weight is 412 g/mol. The normalized spacial score (nSPS) is 11.1. The lowest BCUT2D eigenvalue weighted by Crippen LogP contribution is -3.14. The van der Waals surface area contributed by atoms with E-state index in [2.05, 4.69) is 21.3 Å². The summed E-state index contributed by atoms with van der Waals surface area (Å²) >= 11 is 0. The molecule has 0 spiro atoms. The number of carbonyl (C=O) groups is 4. The van der Waals surface area contributed by atoms with E-state index >= 15 is 0 Å². The van der Waals surface area contributed by atoms with Gasteiger partial charge in [-0.1, -0.05) is 18.2 Å². The van der Waals surface area contributed by atoms with Gasteiger partial charge in [-0.15, -0.1) is 0 Å². The number of hydrogen-bond acceptors (Lipinski definition) is 4. The van der Waals surface area contributed by atoms with Crippen molar-refractivity contribution in [3.8, 4) is 0 Å². The first-order valence-corrected chi connectivity index (χ1v) is 9.52. The Bertz CT molecular complexity index is 884. The molecule has 2 aromatic rings. The van der Waals surface area contributed by atoms with E-state index in [9.17, 15) is 19.2 Å². The van der Waals surface area contributed by atoms with Crippen molar-refractivity contribution in [2.45, 2.75) is 13.8 Å². The standard InChI is InChI=1S/C21H25N5O4/c1-3-26(14-20(29)25-21(30)24-16-7-5-4-6-8-16)13-19(28)23-18-11-9-17(10-12-18)22-15(2)27/h4-12H,3,13-14H2,1-2H3,(H,22,27)(H,23,28)(H2,24,25,29,30)/p+1. The molecule has 0 radical (unpaired) electrons. The van der Waals surface area contributed by atoms with Crippen molar-refractivity contribution in [3.63, 3.8) is 0 Å². The fourth-order valence-electron chi connectivity index (χ4n) is 2.67. The van der Waals surface area contributed by atoms with Crippen molar-refractivity contribution in [3.05, 3.63) is 54.6 Å². The Labute approximate surface area is 174 Å². The van der Waals surface area contributed by atoms with Crippen LogP contribution in [0.25, 0.3) is 0 Å². The van der Waals surface area contributed by atoms with Gasteiger partial charge >= 0.3 is 6.03 Å². The third kappa shape index (κ3) is 8.11. The molecule has 0 heterocycles. The molecule has 0 aromatic heterocycles. The molecule has 9 heteroatoms. The van der Waals surface area contributed by atoms with Gasteiger partial charge in [-0.05, 0) is 43.3 Å². The molecule has 0 aliphatic heterocycles. The Morgan fingerprint density at radius 1 is 0.733 bits per heavy atom. The second kappa shape index (κ2) is 11.3. The van der Waals surface area contributed by atoms with Crippen LogP contribution >= 0.6 is 0 Å². The summed E-state index contributed by atoms with van der Waals surface area (Å²) in [5.41, 5.74) is 1.79. The molecule has 0 aliphatic carbocycles. The number of rotatable bonds is 8. The van der Waals surface area contributed by atoms with Crippen LogP contribution in [-0.2, 0) is 14.4 Å². The van der Waals surface area contributed by atoms with E-state index in [4.69, 9.17) is 0 Å². The maximum absolute atomic E-state index is 12.3. The monoisotopic (exact) mass is 412 g/mol. The smallest absolute Gasteiger partial charge is 0.326 e. The SMILES string of the molecule is CC[NH+](CC(=O)NC(=O)Nc1ccccc1)CC(=O)Nc1ccc(NC(C)=O)cc1. The minimum atomic E-state index is -0.620. The predicted molar refractivity (Wildman–Crippen MR) is 114 cm³/mol. The number of likely N-dealkylation sites (N-methyl/N-ethyl adjacent to an activating group) is 1. The van der Waals surface area contributed by atoms with E-state index < -0.39 is 11.9 Å². The molecule has 9 nitrogen and oxygen atoms in total. The Balaban J connectivity index is 1.79. The van der Waals surface area contributed by atoms with Crippen molar-refractivity contribution < 1.29 is 24.1 Å². The van der Waals surface area contributed by atoms with Gasteiger partial charge in [-0.2, -0.15) is 0 Å². The van der Waals surface area contributed by atoms with Crippen LogP contribution in [0.2, 0.25) is 0 Å². The van der Waals surface area contributed by atoms with E-state index in [0.29, 0.717) is 28.5 Å². The highest BCUT2D eigenvalue weighted by Gasteiger charge is 2.18. The van der Waals surface area contributed by atoms with E-state index in [1.54, 1.807) is 48.5 Å². The number of urea groups is 1. The Morgan fingerprint density at radius 2 is 1.27 bits per heavy atom. The molecule has 2 rings (SSSR count). The molecule has 5 amide bonds. The summed E-state index contributed by atoms with van der Waals surface area (Å²) in [4.78, 5) is 48.0. The maximum atomic E-state index is 12.3.